The second-order valence-electron chi connectivity index (χ2n) is 5.30. The summed E-state index contributed by atoms with van der Waals surface area (Å²) in [6.45, 7) is 6.04. The minimum atomic E-state index is -3.07. The molecule has 1 aromatic rings. The van der Waals surface area contributed by atoms with Crippen LogP contribution >= 0.6 is 15.9 Å². The van der Waals surface area contributed by atoms with Crippen molar-refractivity contribution in [3.8, 4) is 0 Å². The van der Waals surface area contributed by atoms with Crippen LogP contribution in [0.15, 0.2) is 4.47 Å². The van der Waals surface area contributed by atoms with Crippen LogP contribution in [0.3, 0.4) is 0 Å². The Morgan fingerprint density at radius 2 is 2.11 bits per heavy atom. The zero-order valence-electron chi connectivity index (χ0n) is 11.6. The first-order valence-corrected chi connectivity index (χ1v) is 9.08. The van der Waals surface area contributed by atoms with Gasteiger partial charge in [0.25, 0.3) is 0 Å². The Morgan fingerprint density at radius 1 is 1.42 bits per heavy atom. The van der Waals surface area contributed by atoms with E-state index in [1.165, 1.54) is 6.26 Å². The molecule has 0 spiro atoms. The number of piperidine rings is 1. The first kappa shape index (κ1) is 15.0. The fraction of sp³-hybridized carbons (Fsp3) is 0.750. The van der Waals surface area contributed by atoms with Crippen LogP contribution in [-0.4, -0.2) is 41.8 Å². The van der Waals surface area contributed by atoms with Gasteiger partial charge in [0, 0.05) is 25.3 Å². The minimum absolute atomic E-state index is 0.341. The van der Waals surface area contributed by atoms with E-state index in [9.17, 15) is 8.42 Å². The first-order chi connectivity index (χ1) is 8.79. The van der Waals surface area contributed by atoms with Gasteiger partial charge < -0.3 is 0 Å². The molecule has 1 aliphatic heterocycles. The lowest BCUT2D eigenvalue weighted by atomic mass is 10.00. The molecule has 1 fully saturated rings. The molecule has 7 heteroatoms. The lowest BCUT2D eigenvalue weighted by molar-refractivity contribution is 0.239. The van der Waals surface area contributed by atoms with E-state index in [1.807, 2.05) is 18.5 Å². The molecule has 0 saturated carbocycles. The van der Waals surface area contributed by atoms with Gasteiger partial charge in [-0.25, -0.2) is 12.7 Å². The molecule has 5 nitrogen and oxygen atoms in total. The molecule has 0 radical (unpaired) electrons. The van der Waals surface area contributed by atoms with Gasteiger partial charge >= 0.3 is 0 Å². The van der Waals surface area contributed by atoms with Gasteiger partial charge in [0.2, 0.25) is 10.0 Å². The quantitative estimate of drug-likeness (QED) is 0.837. The van der Waals surface area contributed by atoms with Crippen LogP contribution in [0, 0.1) is 19.8 Å². The highest BCUT2D eigenvalue weighted by atomic mass is 79.9. The van der Waals surface area contributed by atoms with Gasteiger partial charge in [0.1, 0.15) is 0 Å². The number of rotatable bonds is 3. The Hall–Kier alpha value is -0.400. The van der Waals surface area contributed by atoms with Gasteiger partial charge in [-0.05, 0) is 48.5 Å². The zero-order chi connectivity index (χ0) is 14.2. The van der Waals surface area contributed by atoms with E-state index >= 15 is 0 Å². The Balaban J connectivity index is 2.09. The second kappa shape index (κ2) is 5.54. The molecule has 2 heterocycles. The molecule has 0 N–H and O–H groups in total. The third-order valence-electron chi connectivity index (χ3n) is 3.68. The van der Waals surface area contributed by atoms with Crippen molar-refractivity contribution < 1.29 is 8.42 Å². The van der Waals surface area contributed by atoms with Crippen LogP contribution in [0.1, 0.15) is 24.2 Å². The van der Waals surface area contributed by atoms with Gasteiger partial charge in [-0.1, -0.05) is 0 Å². The van der Waals surface area contributed by atoms with Gasteiger partial charge in [0.15, 0.2) is 0 Å². The van der Waals surface area contributed by atoms with Crippen LogP contribution in [0.2, 0.25) is 0 Å². The number of hydrogen-bond acceptors (Lipinski definition) is 3. The van der Waals surface area contributed by atoms with E-state index in [-0.39, 0.29) is 0 Å². The van der Waals surface area contributed by atoms with E-state index in [4.69, 9.17) is 0 Å². The molecule has 1 unspecified atom stereocenters. The van der Waals surface area contributed by atoms with E-state index in [1.54, 1.807) is 4.31 Å². The van der Waals surface area contributed by atoms with Crippen LogP contribution in [0.25, 0.3) is 0 Å². The van der Waals surface area contributed by atoms with Crippen molar-refractivity contribution in [1.29, 1.82) is 0 Å². The Labute approximate surface area is 123 Å². The SMILES string of the molecule is Cc1nn(CC2CCCN(S(C)(=O)=O)C2)c(C)c1Br. The van der Waals surface area contributed by atoms with Crippen molar-refractivity contribution in [3.05, 3.63) is 15.9 Å². The molecular weight excluding hydrogens is 330 g/mol. The third kappa shape index (κ3) is 3.38. The molecular formula is C12H20BrN3O2S. The number of sulfonamides is 1. The fourth-order valence-corrected chi connectivity index (χ4v) is 3.80. The molecule has 1 saturated heterocycles. The lowest BCUT2D eigenvalue weighted by Crippen LogP contribution is -2.40. The molecule has 108 valence electrons. The summed E-state index contributed by atoms with van der Waals surface area (Å²) in [6.07, 6.45) is 3.27. The highest BCUT2D eigenvalue weighted by molar-refractivity contribution is 9.10. The molecule has 0 amide bonds. The van der Waals surface area contributed by atoms with Crippen LogP contribution in [0.4, 0.5) is 0 Å². The van der Waals surface area contributed by atoms with Crippen LogP contribution in [0.5, 0.6) is 0 Å². The number of hydrogen-bond donors (Lipinski definition) is 0. The maximum atomic E-state index is 11.6. The summed E-state index contributed by atoms with van der Waals surface area (Å²) < 4.78 is 27.8. The molecule has 0 aliphatic carbocycles. The molecule has 0 aromatic carbocycles. The zero-order valence-corrected chi connectivity index (χ0v) is 14.0. The van der Waals surface area contributed by atoms with Crippen molar-refractivity contribution in [1.82, 2.24) is 14.1 Å². The molecule has 1 aliphatic rings. The summed E-state index contributed by atoms with van der Waals surface area (Å²) in [7, 11) is -3.07. The third-order valence-corrected chi connectivity index (χ3v) is 6.09. The standard InChI is InChI=1S/C12H20BrN3O2S/c1-9-12(13)10(2)16(14-9)8-11-5-4-6-15(7-11)19(3,17)18/h11H,4-8H2,1-3H3. The summed E-state index contributed by atoms with van der Waals surface area (Å²) in [5.74, 6) is 0.341. The smallest absolute Gasteiger partial charge is 0.211 e. The number of halogens is 1. The predicted octanol–water partition coefficient (Wildman–Crippen LogP) is 1.93. The van der Waals surface area contributed by atoms with Crippen LogP contribution < -0.4 is 0 Å². The summed E-state index contributed by atoms with van der Waals surface area (Å²) in [5, 5.41) is 4.49. The van der Waals surface area contributed by atoms with Crippen molar-refractivity contribution in [2.45, 2.75) is 33.2 Å². The molecule has 1 aromatic heterocycles. The Morgan fingerprint density at radius 3 is 2.63 bits per heavy atom. The molecule has 2 rings (SSSR count). The van der Waals surface area contributed by atoms with Crippen LogP contribution in [-0.2, 0) is 16.6 Å². The highest BCUT2D eigenvalue weighted by Crippen LogP contribution is 2.24. The normalized spacial score (nSPS) is 21.8. The van der Waals surface area contributed by atoms with Crippen molar-refractivity contribution >= 4 is 26.0 Å². The summed E-state index contributed by atoms with van der Waals surface area (Å²) >= 11 is 3.52. The van der Waals surface area contributed by atoms with E-state index in [0.29, 0.717) is 19.0 Å². The fourth-order valence-electron chi connectivity index (χ4n) is 2.57. The Kier molecular flexibility index (Phi) is 4.37. The predicted molar refractivity (Wildman–Crippen MR) is 78.5 cm³/mol. The highest BCUT2D eigenvalue weighted by Gasteiger charge is 2.26. The van der Waals surface area contributed by atoms with Gasteiger partial charge in [0.05, 0.1) is 16.4 Å². The largest absolute Gasteiger partial charge is 0.268 e. The summed E-state index contributed by atoms with van der Waals surface area (Å²) in [5.41, 5.74) is 2.09. The maximum Gasteiger partial charge on any atom is 0.211 e. The topological polar surface area (TPSA) is 55.2 Å². The Bertz CT molecular complexity index is 568. The number of aryl methyl sites for hydroxylation is 1. The van der Waals surface area contributed by atoms with E-state index < -0.39 is 10.0 Å². The maximum absolute atomic E-state index is 11.6. The minimum Gasteiger partial charge on any atom is -0.268 e. The van der Waals surface area contributed by atoms with Gasteiger partial charge in [-0.15, -0.1) is 0 Å². The summed E-state index contributed by atoms with van der Waals surface area (Å²) in [6, 6.07) is 0. The molecule has 1 atom stereocenters. The van der Waals surface area contributed by atoms with Crippen molar-refractivity contribution in [2.75, 3.05) is 19.3 Å². The average Bonchev–Trinajstić information content (AvgIpc) is 2.56. The molecule has 0 bridgehead atoms. The average molecular weight is 350 g/mol. The molecule has 19 heavy (non-hydrogen) atoms. The van der Waals surface area contributed by atoms with Crippen molar-refractivity contribution in [3.63, 3.8) is 0 Å². The first-order valence-electron chi connectivity index (χ1n) is 6.43. The van der Waals surface area contributed by atoms with Gasteiger partial charge in [-0.3, -0.25) is 4.68 Å². The van der Waals surface area contributed by atoms with E-state index in [2.05, 4.69) is 21.0 Å². The van der Waals surface area contributed by atoms with E-state index in [0.717, 1.165) is 35.2 Å². The van der Waals surface area contributed by atoms with Gasteiger partial charge in [-0.2, -0.15) is 5.10 Å². The number of nitrogens with zero attached hydrogens (tertiary/aromatic N) is 3. The summed E-state index contributed by atoms with van der Waals surface area (Å²) in [4.78, 5) is 0. The monoisotopic (exact) mass is 349 g/mol. The van der Waals surface area contributed by atoms with Crippen molar-refractivity contribution in [2.24, 2.45) is 5.92 Å². The second-order valence-corrected chi connectivity index (χ2v) is 8.07. The lowest BCUT2D eigenvalue weighted by Gasteiger charge is -2.31. The number of aromatic nitrogens is 2.